The van der Waals surface area contributed by atoms with Crippen molar-refractivity contribution in [1.82, 2.24) is 4.98 Å². The fraction of sp³-hybridized carbons (Fsp3) is 0.545. The molecule has 0 amide bonds. The first kappa shape index (κ1) is 13.5. The molecule has 0 fully saturated rings. The van der Waals surface area contributed by atoms with Gasteiger partial charge in [-0.1, -0.05) is 0 Å². The molecule has 0 aliphatic rings. The minimum Gasteiger partial charge on any atom is -0.476 e. The number of aryl methyl sites for hydroxylation is 1. The number of nitrogens with zero attached hydrogens (tertiary/aromatic N) is 3. The van der Waals surface area contributed by atoms with Crippen LogP contribution in [0.2, 0.25) is 0 Å². The van der Waals surface area contributed by atoms with E-state index in [0.29, 0.717) is 23.1 Å². The van der Waals surface area contributed by atoms with Crippen LogP contribution >= 0.6 is 11.3 Å². The number of carboxylic acids is 1. The second-order valence-electron chi connectivity index (χ2n) is 3.78. The first-order valence-corrected chi connectivity index (χ1v) is 6.16. The number of hydrogen-bond acceptors (Lipinski definition) is 5. The van der Waals surface area contributed by atoms with Gasteiger partial charge in [-0.05, 0) is 20.8 Å². The molecule has 1 atom stereocenters. The molecule has 0 saturated heterocycles. The van der Waals surface area contributed by atoms with Gasteiger partial charge in [-0.2, -0.15) is 5.26 Å². The van der Waals surface area contributed by atoms with Gasteiger partial charge in [0.05, 0.1) is 12.0 Å². The molecule has 0 radical (unpaired) electrons. The van der Waals surface area contributed by atoms with E-state index >= 15 is 0 Å². The standard InChI is InChI=1S/C11H15N3O2S/c1-4-14(6-7(2)5-12)11-13-9(10(15)16)8(3)17-11/h7H,4,6H2,1-3H3,(H,15,16). The van der Waals surface area contributed by atoms with Crippen molar-refractivity contribution < 1.29 is 9.90 Å². The topological polar surface area (TPSA) is 77.2 Å². The predicted octanol–water partition coefficient (Wildman–Crippen LogP) is 2.14. The first-order chi connectivity index (χ1) is 7.99. The van der Waals surface area contributed by atoms with Gasteiger partial charge in [0, 0.05) is 18.0 Å². The van der Waals surface area contributed by atoms with Crippen LogP contribution in [0.1, 0.15) is 29.2 Å². The average Bonchev–Trinajstić information content (AvgIpc) is 2.67. The average molecular weight is 253 g/mol. The largest absolute Gasteiger partial charge is 0.476 e. The summed E-state index contributed by atoms with van der Waals surface area (Å²) in [5.74, 6) is -1.11. The number of carbonyl (C=O) groups is 1. The van der Waals surface area contributed by atoms with Crippen molar-refractivity contribution in [2.75, 3.05) is 18.0 Å². The van der Waals surface area contributed by atoms with E-state index in [9.17, 15) is 4.79 Å². The van der Waals surface area contributed by atoms with E-state index in [0.717, 1.165) is 0 Å². The fourth-order valence-corrected chi connectivity index (χ4v) is 2.40. The smallest absolute Gasteiger partial charge is 0.355 e. The van der Waals surface area contributed by atoms with Crippen molar-refractivity contribution in [3.8, 4) is 6.07 Å². The number of nitriles is 1. The zero-order valence-corrected chi connectivity index (χ0v) is 10.9. The third-order valence-corrected chi connectivity index (χ3v) is 3.39. The van der Waals surface area contributed by atoms with E-state index < -0.39 is 5.97 Å². The molecular formula is C11H15N3O2S. The molecule has 1 unspecified atom stereocenters. The number of thiazole rings is 1. The van der Waals surface area contributed by atoms with Gasteiger partial charge in [-0.25, -0.2) is 9.78 Å². The van der Waals surface area contributed by atoms with Gasteiger partial charge in [0.25, 0.3) is 0 Å². The molecule has 1 aromatic rings. The van der Waals surface area contributed by atoms with E-state index in [1.165, 1.54) is 11.3 Å². The summed E-state index contributed by atoms with van der Waals surface area (Å²) in [7, 11) is 0. The number of hydrogen-bond donors (Lipinski definition) is 1. The van der Waals surface area contributed by atoms with Crippen LogP contribution in [-0.2, 0) is 0 Å². The van der Waals surface area contributed by atoms with E-state index in [4.69, 9.17) is 10.4 Å². The first-order valence-electron chi connectivity index (χ1n) is 5.34. The molecule has 5 nitrogen and oxygen atoms in total. The van der Waals surface area contributed by atoms with Crippen LogP contribution in [0.15, 0.2) is 0 Å². The summed E-state index contributed by atoms with van der Waals surface area (Å²) in [6.45, 7) is 6.81. The molecule has 1 rings (SSSR count). The predicted molar refractivity (Wildman–Crippen MR) is 66.5 cm³/mol. The molecule has 6 heteroatoms. The van der Waals surface area contributed by atoms with Gasteiger partial charge in [-0.3, -0.25) is 0 Å². The lowest BCUT2D eigenvalue weighted by Gasteiger charge is -2.20. The minimum atomic E-state index is -1.01. The van der Waals surface area contributed by atoms with Gasteiger partial charge in [-0.15, -0.1) is 11.3 Å². The summed E-state index contributed by atoms with van der Waals surface area (Å²) in [6, 6.07) is 2.16. The lowest BCUT2D eigenvalue weighted by Crippen LogP contribution is -2.27. The summed E-state index contributed by atoms with van der Waals surface area (Å²) in [5.41, 5.74) is 0.105. The molecule has 1 heterocycles. The Labute approximate surface area is 104 Å². The summed E-state index contributed by atoms with van der Waals surface area (Å²) in [5, 5.41) is 18.4. The van der Waals surface area contributed by atoms with Gasteiger partial charge >= 0.3 is 5.97 Å². The number of carboxylic acid groups (broad SMARTS) is 1. The molecule has 92 valence electrons. The van der Waals surface area contributed by atoms with E-state index in [1.54, 1.807) is 6.92 Å². The number of anilines is 1. The molecule has 1 N–H and O–H groups in total. The summed E-state index contributed by atoms with van der Waals surface area (Å²) in [6.07, 6.45) is 0. The van der Waals surface area contributed by atoms with Crippen LogP contribution in [0.5, 0.6) is 0 Å². The highest BCUT2D eigenvalue weighted by atomic mass is 32.1. The van der Waals surface area contributed by atoms with Gasteiger partial charge in [0.1, 0.15) is 0 Å². The quantitative estimate of drug-likeness (QED) is 0.869. The van der Waals surface area contributed by atoms with Crippen LogP contribution in [0.25, 0.3) is 0 Å². The van der Waals surface area contributed by atoms with E-state index in [2.05, 4.69) is 11.1 Å². The zero-order chi connectivity index (χ0) is 13.0. The van der Waals surface area contributed by atoms with Crippen molar-refractivity contribution in [3.05, 3.63) is 10.6 Å². The summed E-state index contributed by atoms with van der Waals surface area (Å²) in [4.78, 5) is 17.6. The maximum Gasteiger partial charge on any atom is 0.355 e. The van der Waals surface area contributed by atoms with E-state index in [1.807, 2.05) is 18.7 Å². The van der Waals surface area contributed by atoms with Crippen molar-refractivity contribution in [2.24, 2.45) is 5.92 Å². The van der Waals surface area contributed by atoms with Crippen LogP contribution < -0.4 is 4.90 Å². The van der Waals surface area contributed by atoms with E-state index in [-0.39, 0.29) is 11.6 Å². The van der Waals surface area contributed by atoms with Crippen molar-refractivity contribution in [1.29, 1.82) is 5.26 Å². The van der Waals surface area contributed by atoms with Crippen LogP contribution in [-0.4, -0.2) is 29.1 Å². The fourth-order valence-electron chi connectivity index (χ4n) is 1.43. The molecule has 0 bridgehead atoms. The second kappa shape index (κ2) is 5.64. The summed E-state index contributed by atoms with van der Waals surface area (Å²) >= 11 is 1.35. The Morgan fingerprint density at radius 1 is 1.71 bits per heavy atom. The number of aromatic carboxylic acids is 1. The normalized spacial score (nSPS) is 11.9. The minimum absolute atomic E-state index is 0.104. The third-order valence-electron chi connectivity index (χ3n) is 2.35. The Bertz CT molecular complexity index is 450. The molecule has 1 aromatic heterocycles. The van der Waals surface area contributed by atoms with Crippen molar-refractivity contribution >= 4 is 22.4 Å². The van der Waals surface area contributed by atoms with Gasteiger partial charge < -0.3 is 10.0 Å². The Morgan fingerprint density at radius 2 is 2.35 bits per heavy atom. The lowest BCUT2D eigenvalue weighted by atomic mass is 10.2. The third kappa shape index (κ3) is 3.17. The van der Waals surface area contributed by atoms with Crippen molar-refractivity contribution in [2.45, 2.75) is 20.8 Å². The Morgan fingerprint density at radius 3 is 2.76 bits per heavy atom. The Hall–Kier alpha value is -1.61. The monoisotopic (exact) mass is 253 g/mol. The highest BCUT2D eigenvalue weighted by molar-refractivity contribution is 7.15. The van der Waals surface area contributed by atoms with Crippen molar-refractivity contribution in [3.63, 3.8) is 0 Å². The molecule has 17 heavy (non-hydrogen) atoms. The Balaban J connectivity index is 2.94. The highest BCUT2D eigenvalue weighted by Crippen LogP contribution is 2.26. The summed E-state index contributed by atoms with van der Waals surface area (Å²) < 4.78 is 0. The maximum atomic E-state index is 10.9. The highest BCUT2D eigenvalue weighted by Gasteiger charge is 2.18. The maximum absolute atomic E-state index is 10.9. The number of rotatable bonds is 5. The number of aromatic nitrogens is 1. The SMILES string of the molecule is CCN(CC(C)C#N)c1nc(C(=O)O)c(C)s1. The zero-order valence-electron chi connectivity index (χ0n) is 10.1. The molecule has 0 aliphatic heterocycles. The van der Waals surface area contributed by atoms with Gasteiger partial charge in [0.2, 0.25) is 0 Å². The second-order valence-corrected chi connectivity index (χ2v) is 4.96. The molecular weight excluding hydrogens is 238 g/mol. The Kier molecular flexibility index (Phi) is 4.46. The molecule has 0 aliphatic carbocycles. The van der Waals surface area contributed by atoms with Crippen LogP contribution in [0, 0.1) is 24.2 Å². The van der Waals surface area contributed by atoms with Crippen LogP contribution in [0.4, 0.5) is 5.13 Å². The molecule has 0 aromatic carbocycles. The van der Waals surface area contributed by atoms with Gasteiger partial charge in [0.15, 0.2) is 10.8 Å². The molecule has 0 saturated carbocycles. The molecule has 0 spiro atoms. The van der Waals surface area contributed by atoms with Crippen LogP contribution in [0.3, 0.4) is 0 Å². The lowest BCUT2D eigenvalue weighted by molar-refractivity contribution is 0.0690.